The first-order valence-electron chi connectivity index (χ1n) is 9.23. The van der Waals surface area contributed by atoms with Crippen molar-refractivity contribution in [3.8, 4) is 5.75 Å². The van der Waals surface area contributed by atoms with Crippen LogP contribution in [-0.4, -0.2) is 43.2 Å². The average molecular weight is 416 g/mol. The molecule has 0 saturated carbocycles. The van der Waals surface area contributed by atoms with Crippen LogP contribution in [0.1, 0.15) is 29.8 Å². The van der Waals surface area contributed by atoms with E-state index < -0.39 is 12.1 Å². The molecule has 0 bridgehead atoms. The van der Waals surface area contributed by atoms with Gasteiger partial charge in [0.15, 0.2) is 6.10 Å². The second kappa shape index (κ2) is 11.3. The maximum atomic E-state index is 12.5. The number of rotatable bonds is 10. The van der Waals surface area contributed by atoms with Gasteiger partial charge in [-0.05, 0) is 50.1 Å². The Morgan fingerprint density at radius 2 is 1.76 bits per heavy atom. The van der Waals surface area contributed by atoms with E-state index in [0.29, 0.717) is 23.4 Å². The minimum Gasteiger partial charge on any atom is -0.497 e. The molecule has 1 amide bonds. The van der Waals surface area contributed by atoms with Crippen molar-refractivity contribution >= 4 is 29.4 Å². The second-order valence-electron chi connectivity index (χ2n) is 6.42. The Kier molecular flexibility index (Phi) is 8.73. The van der Waals surface area contributed by atoms with Crippen LogP contribution in [-0.2, 0) is 20.7 Å². The van der Waals surface area contributed by atoms with Crippen LogP contribution in [0.2, 0.25) is 0 Å². The highest BCUT2D eigenvalue weighted by Gasteiger charge is 2.20. The number of benzene rings is 2. The standard InChI is InChI=1S/C22H25NO5S/c1-15(24)14-29-20-7-5-4-6-19(20)22(26)28-16(2)21(25)23-13-12-17-8-10-18(27-3)11-9-17/h4-11,16H,12-14H2,1-3H3,(H,23,25)/t16-/m1/s1. The molecule has 0 aliphatic heterocycles. The van der Waals surface area contributed by atoms with Crippen molar-refractivity contribution in [3.63, 3.8) is 0 Å². The molecule has 1 N–H and O–H groups in total. The van der Waals surface area contributed by atoms with Crippen LogP contribution in [0.4, 0.5) is 0 Å². The third-order valence-electron chi connectivity index (χ3n) is 4.06. The fraction of sp³-hybridized carbons (Fsp3) is 0.318. The molecule has 0 fully saturated rings. The molecule has 29 heavy (non-hydrogen) atoms. The third-order valence-corrected chi connectivity index (χ3v) is 5.28. The van der Waals surface area contributed by atoms with E-state index in [4.69, 9.17) is 9.47 Å². The molecular formula is C22H25NO5S. The van der Waals surface area contributed by atoms with Crippen LogP contribution in [0.3, 0.4) is 0 Å². The predicted molar refractivity (Wildman–Crippen MR) is 112 cm³/mol. The van der Waals surface area contributed by atoms with Gasteiger partial charge in [0.25, 0.3) is 5.91 Å². The van der Waals surface area contributed by atoms with Gasteiger partial charge in [0, 0.05) is 11.4 Å². The fourth-order valence-corrected chi connectivity index (χ4v) is 3.32. The van der Waals surface area contributed by atoms with Crippen molar-refractivity contribution in [1.29, 1.82) is 0 Å². The zero-order valence-corrected chi connectivity index (χ0v) is 17.6. The Morgan fingerprint density at radius 3 is 2.41 bits per heavy atom. The Balaban J connectivity index is 1.85. The molecule has 154 valence electrons. The van der Waals surface area contributed by atoms with Crippen molar-refractivity contribution in [2.75, 3.05) is 19.4 Å². The molecular weight excluding hydrogens is 390 g/mol. The number of hydrogen-bond acceptors (Lipinski definition) is 6. The SMILES string of the molecule is COc1ccc(CCNC(=O)[C@@H](C)OC(=O)c2ccccc2SCC(C)=O)cc1. The van der Waals surface area contributed by atoms with Gasteiger partial charge in [0.05, 0.1) is 18.4 Å². The number of thioether (sulfide) groups is 1. The van der Waals surface area contributed by atoms with E-state index in [0.717, 1.165) is 11.3 Å². The lowest BCUT2D eigenvalue weighted by Gasteiger charge is -2.15. The molecule has 6 nitrogen and oxygen atoms in total. The van der Waals surface area contributed by atoms with Crippen LogP contribution in [0.25, 0.3) is 0 Å². The molecule has 7 heteroatoms. The number of nitrogens with one attached hydrogen (secondary N) is 1. The highest BCUT2D eigenvalue weighted by molar-refractivity contribution is 8.00. The van der Waals surface area contributed by atoms with Crippen molar-refractivity contribution < 1.29 is 23.9 Å². The van der Waals surface area contributed by atoms with Crippen molar-refractivity contribution in [2.24, 2.45) is 0 Å². The topological polar surface area (TPSA) is 81.7 Å². The van der Waals surface area contributed by atoms with Crippen LogP contribution in [0.5, 0.6) is 5.75 Å². The minimum atomic E-state index is -0.927. The van der Waals surface area contributed by atoms with Crippen molar-refractivity contribution in [2.45, 2.75) is 31.3 Å². The van der Waals surface area contributed by atoms with Crippen molar-refractivity contribution in [3.05, 3.63) is 59.7 Å². The lowest BCUT2D eigenvalue weighted by atomic mass is 10.1. The number of carbonyl (C=O) groups excluding carboxylic acids is 3. The number of esters is 1. The van der Waals surface area contributed by atoms with Gasteiger partial charge in [-0.2, -0.15) is 0 Å². The maximum Gasteiger partial charge on any atom is 0.340 e. The normalized spacial score (nSPS) is 11.4. The van der Waals surface area contributed by atoms with Gasteiger partial charge in [-0.25, -0.2) is 4.79 Å². The number of amides is 1. The quantitative estimate of drug-likeness (QED) is 0.474. The highest BCUT2D eigenvalue weighted by Crippen LogP contribution is 2.23. The van der Waals surface area contributed by atoms with Gasteiger partial charge < -0.3 is 14.8 Å². The fourth-order valence-electron chi connectivity index (χ4n) is 2.48. The van der Waals surface area contributed by atoms with E-state index >= 15 is 0 Å². The second-order valence-corrected chi connectivity index (χ2v) is 7.44. The van der Waals surface area contributed by atoms with Gasteiger partial charge in [0.2, 0.25) is 0 Å². The Hall–Kier alpha value is -2.80. The summed E-state index contributed by atoms with van der Waals surface area (Å²) in [7, 11) is 1.61. The third kappa shape index (κ3) is 7.27. The zero-order chi connectivity index (χ0) is 21.2. The molecule has 0 unspecified atom stereocenters. The Labute approximate surface area is 175 Å². The van der Waals surface area contributed by atoms with E-state index in [1.165, 1.54) is 25.6 Å². The first-order valence-corrected chi connectivity index (χ1v) is 10.2. The van der Waals surface area contributed by atoms with Crippen LogP contribution < -0.4 is 10.1 Å². The maximum absolute atomic E-state index is 12.5. The van der Waals surface area contributed by atoms with E-state index in [1.807, 2.05) is 24.3 Å². The molecule has 2 aromatic carbocycles. The van der Waals surface area contributed by atoms with E-state index in [1.54, 1.807) is 31.4 Å². The van der Waals surface area contributed by atoms with Crippen LogP contribution in [0.15, 0.2) is 53.4 Å². The number of ketones is 1. The summed E-state index contributed by atoms with van der Waals surface area (Å²) in [6, 6.07) is 14.5. The number of carbonyl (C=O) groups is 3. The van der Waals surface area contributed by atoms with Gasteiger partial charge in [-0.15, -0.1) is 11.8 Å². The lowest BCUT2D eigenvalue weighted by Crippen LogP contribution is -2.37. The summed E-state index contributed by atoms with van der Waals surface area (Å²) >= 11 is 1.27. The highest BCUT2D eigenvalue weighted by atomic mass is 32.2. The van der Waals surface area contributed by atoms with E-state index in [-0.39, 0.29) is 17.4 Å². The lowest BCUT2D eigenvalue weighted by molar-refractivity contribution is -0.129. The summed E-state index contributed by atoms with van der Waals surface area (Å²) in [6.45, 7) is 3.45. The largest absolute Gasteiger partial charge is 0.497 e. The summed E-state index contributed by atoms with van der Waals surface area (Å²) in [5.74, 6) is 0.115. The molecule has 1 atom stereocenters. The van der Waals surface area contributed by atoms with Crippen LogP contribution in [0, 0.1) is 0 Å². The average Bonchev–Trinajstić information content (AvgIpc) is 2.72. The molecule has 0 aliphatic rings. The molecule has 0 saturated heterocycles. The number of Topliss-reactive ketones (excluding diaryl/α,β-unsaturated/α-hetero) is 1. The first kappa shape index (κ1) is 22.5. The molecule has 0 radical (unpaired) electrons. The molecule has 0 aliphatic carbocycles. The summed E-state index contributed by atoms with van der Waals surface area (Å²) in [5.41, 5.74) is 1.41. The van der Waals surface area contributed by atoms with Gasteiger partial charge in [0.1, 0.15) is 11.5 Å². The summed E-state index contributed by atoms with van der Waals surface area (Å²) in [6.07, 6.45) is -0.273. The van der Waals surface area contributed by atoms with Gasteiger partial charge in [-0.1, -0.05) is 24.3 Å². The molecule has 0 heterocycles. The van der Waals surface area contributed by atoms with Crippen molar-refractivity contribution in [1.82, 2.24) is 5.32 Å². The Bertz CT molecular complexity index is 851. The van der Waals surface area contributed by atoms with Gasteiger partial charge in [-0.3, -0.25) is 9.59 Å². The zero-order valence-electron chi connectivity index (χ0n) is 16.8. The number of methoxy groups -OCH3 is 1. The van der Waals surface area contributed by atoms with E-state index in [9.17, 15) is 14.4 Å². The number of hydrogen-bond donors (Lipinski definition) is 1. The van der Waals surface area contributed by atoms with Crippen LogP contribution >= 0.6 is 11.8 Å². The summed E-state index contributed by atoms with van der Waals surface area (Å²) < 4.78 is 10.4. The summed E-state index contributed by atoms with van der Waals surface area (Å²) in [4.78, 5) is 36.6. The monoisotopic (exact) mass is 415 g/mol. The molecule has 0 aromatic heterocycles. The minimum absolute atomic E-state index is 0.0165. The van der Waals surface area contributed by atoms with Gasteiger partial charge >= 0.3 is 5.97 Å². The summed E-state index contributed by atoms with van der Waals surface area (Å²) in [5, 5.41) is 2.77. The molecule has 2 aromatic rings. The molecule has 2 rings (SSSR count). The number of ether oxygens (including phenoxy) is 2. The van der Waals surface area contributed by atoms with E-state index in [2.05, 4.69) is 5.32 Å². The smallest absolute Gasteiger partial charge is 0.340 e. The predicted octanol–water partition coefficient (Wildman–Crippen LogP) is 3.28. The molecule has 0 spiro atoms. The Morgan fingerprint density at radius 1 is 1.07 bits per heavy atom. The first-order chi connectivity index (χ1) is 13.9.